The Kier molecular flexibility index (Phi) is 7.98. The van der Waals surface area contributed by atoms with Crippen molar-refractivity contribution in [2.75, 3.05) is 19.8 Å². The van der Waals surface area contributed by atoms with Gasteiger partial charge < -0.3 is 19.7 Å². The van der Waals surface area contributed by atoms with Crippen LogP contribution < -0.4 is 0 Å². The minimum absolute atomic E-state index is 0.0661. The molecular formula is C9H19FO4. The van der Waals surface area contributed by atoms with Gasteiger partial charge in [0, 0.05) is 19.6 Å². The van der Waals surface area contributed by atoms with Crippen molar-refractivity contribution in [3.8, 4) is 0 Å². The monoisotopic (exact) mass is 210 g/mol. The molecule has 4 nitrogen and oxygen atoms in total. The van der Waals surface area contributed by atoms with Crippen molar-refractivity contribution in [1.82, 2.24) is 0 Å². The van der Waals surface area contributed by atoms with Crippen molar-refractivity contribution >= 4 is 0 Å². The van der Waals surface area contributed by atoms with Gasteiger partial charge in [-0.25, -0.2) is 4.39 Å². The Hall–Kier alpha value is -0.230. The summed E-state index contributed by atoms with van der Waals surface area (Å²) >= 11 is 0. The maximum absolute atomic E-state index is 13.1. The maximum atomic E-state index is 13.1. The lowest BCUT2D eigenvalue weighted by atomic mass is 10.1. The molecule has 0 unspecified atom stereocenters. The second-order valence-corrected chi connectivity index (χ2v) is 2.84. The summed E-state index contributed by atoms with van der Waals surface area (Å²) in [6, 6.07) is 0. The van der Waals surface area contributed by atoms with E-state index in [2.05, 4.69) is 0 Å². The number of hydrogen-bond donors (Lipinski definition) is 2. The number of alkyl halides is 1. The van der Waals surface area contributed by atoms with Crippen molar-refractivity contribution in [3.63, 3.8) is 0 Å². The van der Waals surface area contributed by atoms with E-state index in [1.165, 1.54) is 0 Å². The van der Waals surface area contributed by atoms with Gasteiger partial charge in [-0.2, -0.15) is 0 Å². The summed E-state index contributed by atoms with van der Waals surface area (Å²) in [5.74, 6) is 0. The van der Waals surface area contributed by atoms with Gasteiger partial charge in [0.15, 0.2) is 6.29 Å². The first kappa shape index (κ1) is 13.8. The molecule has 0 radical (unpaired) electrons. The normalized spacial score (nSPS) is 15.9. The van der Waals surface area contributed by atoms with E-state index in [0.29, 0.717) is 13.2 Å². The fraction of sp³-hybridized carbons (Fsp3) is 1.00. The highest BCUT2D eigenvalue weighted by atomic mass is 19.1. The molecule has 0 saturated carbocycles. The van der Waals surface area contributed by atoms with Gasteiger partial charge in [-0.3, -0.25) is 0 Å². The summed E-state index contributed by atoms with van der Waals surface area (Å²) in [5, 5.41) is 17.5. The summed E-state index contributed by atoms with van der Waals surface area (Å²) in [6.45, 7) is 3.81. The summed E-state index contributed by atoms with van der Waals surface area (Å²) in [4.78, 5) is 0. The van der Waals surface area contributed by atoms with E-state index in [-0.39, 0.29) is 6.42 Å². The molecule has 0 aromatic rings. The van der Waals surface area contributed by atoms with E-state index in [1.807, 2.05) is 0 Å². The zero-order valence-electron chi connectivity index (χ0n) is 8.65. The Morgan fingerprint density at radius 3 is 2.07 bits per heavy atom. The van der Waals surface area contributed by atoms with E-state index >= 15 is 0 Å². The molecule has 0 aromatic carbocycles. The highest BCUT2D eigenvalue weighted by Crippen LogP contribution is 2.11. The minimum atomic E-state index is -1.52. The molecule has 0 aliphatic heterocycles. The van der Waals surface area contributed by atoms with Gasteiger partial charge in [-0.1, -0.05) is 0 Å². The Morgan fingerprint density at radius 1 is 1.21 bits per heavy atom. The Morgan fingerprint density at radius 2 is 1.71 bits per heavy atom. The number of ether oxygens (including phenoxy) is 2. The maximum Gasteiger partial charge on any atom is 0.160 e. The zero-order valence-corrected chi connectivity index (χ0v) is 8.65. The van der Waals surface area contributed by atoms with Crippen LogP contribution in [0.5, 0.6) is 0 Å². The third kappa shape index (κ3) is 5.49. The lowest BCUT2D eigenvalue weighted by Gasteiger charge is -2.20. The van der Waals surface area contributed by atoms with Gasteiger partial charge in [0.25, 0.3) is 0 Å². The molecule has 0 spiro atoms. The summed E-state index contributed by atoms with van der Waals surface area (Å²) in [7, 11) is 0. The molecule has 86 valence electrons. The van der Waals surface area contributed by atoms with Crippen LogP contribution in [0.1, 0.15) is 20.3 Å². The van der Waals surface area contributed by atoms with Crippen LogP contribution >= 0.6 is 0 Å². The lowest BCUT2D eigenvalue weighted by molar-refractivity contribution is -0.154. The Balaban J connectivity index is 3.87. The minimum Gasteiger partial charge on any atom is -0.394 e. The van der Waals surface area contributed by atoms with Crippen LogP contribution in [0.15, 0.2) is 0 Å². The zero-order chi connectivity index (χ0) is 11.0. The average molecular weight is 210 g/mol. The molecule has 0 saturated heterocycles. The highest BCUT2D eigenvalue weighted by molar-refractivity contribution is 4.68. The predicted molar refractivity (Wildman–Crippen MR) is 49.6 cm³/mol. The number of aliphatic hydroxyl groups excluding tert-OH is 2. The third-order valence-corrected chi connectivity index (χ3v) is 1.73. The van der Waals surface area contributed by atoms with Crippen LogP contribution in [0.25, 0.3) is 0 Å². The smallest absolute Gasteiger partial charge is 0.160 e. The molecule has 0 fully saturated rings. The van der Waals surface area contributed by atoms with Crippen LogP contribution in [0.4, 0.5) is 4.39 Å². The van der Waals surface area contributed by atoms with Crippen LogP contribution in [0.3, 0.4) is 0 Å². The molecule has 0 bridgehead atoms. The molecule has 2 N–H and O–H groups in total. The second kappa shape index (κ2) is 8.11. The third-order valence-electron chi connectivity index (χ3n) is 1.73. The van der Waals surface area contributed by atoms with Gasteiger partial charge in [0.2, 0.25) is 0 Å². The van der Waals surface area contributed by atoms with Gasteiger partial charge in [0.1, 0.15) is 12.3 Å². The lowest BCUT2D eigenvalue weighted by Crippen LogP contribution is -2.31. The first-order valence-corrected chi connectivity index (χ1v) is 4.81. The van der Waals surface area contributed by atoms with E-state index in [1.54, 1.807) is 13.8 Å². The van der Waals surface area contributed by atoms with Gasteiger partial charge in [-0.15, -0.1) is 0 Å². The SMILES string of the molecule is CCOC(C[C@H](F)[C@H](O)CO)OCC. The fourth-order valence-corrected chi connectivity index (χ4v) is 1.01. The van der Waals surface area contributed by atoms with Gasteiger partial charge in [0.05, 0.1) is 6.61 Å². The van der Waals surface area contributed by atoms with Gasteiger partial charge >= 0.3 is 0 Å². The number of aliphatic hydroxyl groups is 2. The average Bonchev–Trinajstić information content (AvgIpc) is 2.17. The summed E-state index contributed by atoms with van der Waals surface area (Å²) in [6.07, 6.45) is -3.61. The molecule has 14 heavy (non-hydrogen) atoms. The van der Waals surface area contributed by atoms with Crippen molar-refractivity contribution < 1.29 is 24.1 Å². The molecule has 5 heteroatoms. The topological polar surface area (TPSA) is 58.9 Å². The molecule has 0 rings (SSSR count). The predicted octanol–water partition coefficient (Wildman–Crippen LogP) is 0.467. The Bertz CT molecular complexity index is 128. The quantitative estimate of drug-likeness (QED) is 0.572. The fourth-order valence-electron chi connectivity index (χ4n) is 1.01. The van der Waals surface area contributed by atoms with Crippen molar-refractivity contribution in [2.24, 2.45) is 0 Å². The number of rotatable bonds is 8. The van der Waals surface area contributed by atoms with Crippen molar-refractivity contribution in [3.05, 3.63) is 0 Å². The molecule has 0 aliphatic carbocycles. The van der Waals surface area contributed by atoms with Crippen molar-refractivity contribution in [2.45, 2.75) is 38.8 Å². The van der Waals surface area contributed by atoms with E-state index in [0.717, 1.165) is 0 Å². The first-order chi connectivity index (χ1) is 6.65. The molecular weight excluding hydrogens is 191 g/mol. The largest absolute Gasteiger partial charge is 0.394 e. The molecule has 0 aromatic heterocycles. The van der Waals surface area contributed by atoms with E-state index in [9.17, 15) is 4.39 Å². The highest BCUT2D eigenvalue weighted by Gasteiger charge is 2.22. The standard InChI is InChI=1S/C9H19FO4/c1-3-13-9(14-4-2)5-7(10)8(12)6-11/h7-9,11-12H,3-6H2,1-2H3/t7-,8+/m0/s1. The molecule has 0 aliphatic rings. The Labute approximate surface area is 83.6 Å². The number of hydrogen-bond acceptors (Lipinski definition) is 4. The van der Waals surface area contributed by atoms with Crippen LogP contribution in [0.2, 0.25) is 0 Å². The molecule has 0 heterocycles. The van der Waals surface area contributed by atoms with Gasteiger partial charge in [-0.05, 0) is 13.8 Å². The molecule has 0 amide bonds. The van der Waals surface area contributed by atoms with E-state index < -0.39 is 25.2 Å². The van der Waals surface area contributed by atoms with Crippen molar-refractivity contribution in [1.29, 1.82) is 0 Å². The van der Waals surface area contributed by atoms with Crippen LogP contribution in [-0.2, 0) is 9.47 Å². The first-order valence-electron chi connectivity index (χ1n) is 4.81. The number of halogens is 1. The molecule has 2 atom stereocenters. The van der Waals surface area contributed by atoms with Crippen LogP contribution in [-0.4, -0.2) is 48.6 Å². The van der Waals surface area contributed by atoms with Crippen LogP contribution in [0, 0.1) is 0 Å². The summed E-state index contributed by atoms with van der Waals surface area (Å²) in [5.41, 5.74) is 0. The second-order valence-electron chi connectivity index (χ2n) is 2.84. The van der Waals surface area contributed by atoms with E-state index in [4.69, 9.17) is 19.7 Å². The summed E-state index contributed by atoms with van der Waals surface area (Å²) < 4.78 is 23.3.